The number of rotatable bonds is 9. The minimum Gasteiger partial charge on any atom is -0.302 e. The van der Waals surface area contributed by atoms with Crippen molar-refractivity contribution < 1.29 is 9.59 Å². The lowest BCUT2D eigenvalue weighted by atomic mass is 9.84. The van der Waals surface area contributed by atoms with Crippen molar-refractivity contribution in [1.82, 2.24) is 4.98 Å². The van der Waals surface area contributed by atoms with E-state index in [9.17, 15) is 9.59 Å². The molecule has 2 rings (SSSR count). The van der Waals surface area contributed by atoms with E-state index in [1.807, 2.05) is 6.92 Å². The van der Waals surface area contributed by atoms with Gasteiger partial charge in [0, 0.05) is 16.7 Å². The summed E-state index contributed by atoms with van der Waals surface area (Å²) in [5, 5.41) is 1.13. The number of nitrogens with zero attached hydrogens (tertiary/aromatic N) is 1. The molecule has 3 nitrogen and oxygen atoms in total. The van der Waals surface area contributed by atoms with Crippen LogP contribution in [0.15, 0.2) is 0 Å². The van der Waals surface area contributed by atoms with Crippen LogP contribution < -0.4 is 0 Å². The van der Waals surface area contributed by atoms with Crippen molar-refractivity contribution in [3.8, 4) is 0 Å². The maximum Gasteiger partial charge on any atom is 0.152 e. The van der Waals surface area contributed by atoms with Crippen LogP contribution in [-0.4, -0.2) is 17.1 Å². The first-order chi connectivity index (χ1) is 10.5. The first kappa shape index (κ1) is 17.3. The third kappa shape index (κ3) is 3.83. The molecule has 1 unspecified atom stereocenters. The van der Waals surface area contributed by atoms with Gasteiger partial charge < -0.3 is 4.79 Å². The fourth-order valence-electron chi connectivity index (χ4n) is 2.96. The molecule has 1 fully saturated rings. The molecule has 0 radical (unpaired) electrons. The zero-order valence-electron chi connectivity index (χ0n) is 14.1. The predicted molar refractivity (Wildman–Crippen MR) is 90.5 cm³/mol. The van der Waals surface area contributed by atoms with Crippen molar-refractivity contribution in [3.05, 3.63) is 15.6 Å². The van der Waals surface area contributed by atoms with E-state index >= 15 is 0 Å². The normalized spacial score (nSPS) is 17.5. The van der Waals surface area contributed by atoms with E-state index in [4.69, 9.17) is 4.98 Å². The summed E-state index contributed by atoms with van der Waals surface area (Å²) in [6.07, 6.45) is 5.69. The molecule has 1 aromatic rings. The van der Waals surface area contributed by atoms with E-state index in [2.05, 4.69) is 20.8 Å². The van der Waals surface area contributed by atoms with Crippen LogP contribution in [-0.2, 0) is 16.0 Å². The second kappa shape index (κ2) is 7.49. The Hall–Kier alpha value is -1.03. The molecule has 0 bridgehead atoms. The summed E-state index contributed by atoms with van der Waals surface area (Å²) in [5.41, 5.74) is 0.747. The predicted octanol–water partition coefficient (Wildman–Crippen LogP) is 4.51. The van der Waals surface area contributed by atoms with Gasteiger partial charge >= 0.3 is 0 Å². The van der Waals surface area contributed by atoms with Crippen molar-refractivity contribution in [2.45, 2.75) is 71.6 Å². The van der Waals surface area contributed by atoms with E-state index < -0.39 is 5.92 Å². The Morgan fingerprint density at radius 1 is 1.36 bits per heavy atom. The largest absolute Gasteiger partial charge is 0.302 e. The molecule has 122 valence electrons. The minimum absolute atomic E-state index is 0.0361. The summed E-state index contributed by atoms with van der Waals surface area (Å²) in [6, 6.07) is 0. The summed E-state index contributed by atoms with van der Waals surface area (Å²) in [7, 11) is 0. The molecule has 1 aliphatic carbocycles. The molecule has 4 heteroatoms. The highest BCUT2D eigenvalue weighted by Crippen LogP contribution is 2.43. The molecule has 0 N–H and O–H groups in total. The fourth-order valence-corrected chi connectivity index (χ4v) is 4.18. The molecule has 1 aliphatic rings. The van der Waals surface area contributed by atoms with E-state index in [1.54, 1.807) is 11.3 Å². The van der Waals surface area contributed by atoms with Gasteiger partial charge in [0.1, 0.15) is 12.2 Å². The van der Waals surface area contributed by atoms with Crippen molar-refractivity contribution >= 4 is 23.4 Å². The van der Waals surface area contributed by atoms with Gasteiger partial charge in [-0.05, 0) is 38.0 Å². The van der Waals surface area contributed by atoms with E-state index in [-0.39, 0.29) is 11.7 Å². The second-order valence-electron chi connectivity index (χ2n) is 6.74. The van der Waals surface area contributed by atoms with E-state index in [0.29, 0.717) is 11.8 Å². The van der Waals surface area contributed by atoms with Gasteiger partial charge in [0.05, 0.1) is 10.7 Å². The molecular formula is C18H27NO2S. The summed E-state index contributed by atoms with van der Waals surface area (Å²) in [5.74, 6) is 0.398. The zero-order valence-corrected chi connectivity index (χ0v) is 14.9. The number of ketones is 1. The Kier molecular flexibility index (Phi) is 5.90. The van der Waals surface area contributed by atoms with Crippen molar-refractivity contribution in [1.29, 1.82) is 0 Å². The molecule has 1 heterocycles. The fraction of sp³-hybridized carbons (Fsp3) is 0.722. The van der Waals surface area contributed by atoms with Crippen molar-refractivity contribution in [2.75, 3.05) is 0 Å². The Morgan fingerprint density at radius 3 is 2.50 bits per heavy atom. The smallest absolute Gasteiger partial charge is 0.152 e. The van der Waals surface area contributed by atoms with Gasteiger partial charge in [0.25, 0.3) is 0 Å². The number of carbonyl (C=O) groups excluding carboxylic acids is 2. The number of thiazole rings is 1. The monoisotopic (exact) mass is 321 g/mol. The van der Waals surface area contributed by atoms with Crippen molar-refractivity contribution in [2.24, 2.45) is 11.8 Å². The Labute approximate surface area is 137 Å². The maximum atomic E-state index is 12.8. The first-order valence-corrected chi connectivity index (χ1v) is 9.31. The summed E-state index contributed by atoms with van der Waals surface area (Å²) in [4.78, 5) is 30.3. The molecule has 0 saturated heterocycles. The molecule has 0 aromatic carbocycles. The number of aldehydes is 1. The van der Waals surface area contributed by atoms with Crippen LogP contribution in [0, 0.1) is 11.8 Å². The Balaban J connectivity index is 2.26. The second-order valence-corrected chi connectivity index (χ2v) is 7.85. The van der Waals surface area contributed by atoms with Gasteiger partial charge in [0.15, 0.2) is 5.78 Å². The number of carbonyl (C=O) groups is 2. The molecule has 2 atom stereocenters. The van der Waals surface area contributed by atoms with Crippen LogP contribution in [0.3, 0.4) is 0 Å². The molecular weight excluding hydrogens is 294 g/mol. The Bertz CT molecular complexity index is 531. The van der Waals surface area contributed by atoms with Crippen LogP contribution in [0.5, 0.6) is 0 Å². The summed E-state index contributed by atoms with van der Waals surface area (Å²) in [6.45, 7) is 8.35. The van der Waals surface area contributed by atoms with Gasteiger partial charge in [-0.15, -0.1) is 11.3 Å². The lowest BCUT2D eigenvalue weighted by Crippen LogP contribution is -2.25. The van der Waals surface area contributed by atoms with Crippen LogP contribution in [0.2, 0.25) is 0 Å². The summed E-state index contributed by atoms with van der Waals surface area (Å²) >= 11 is 1.70. The minimum atomic E-state index is -0.664. The van der Waals surface area contributed by atoms with Crippen LogP contribution in [0.1, 0.15) is 80.8 Å². The average molecular weight is 321 g/mol. The van der Waals surface area contributed by atoms with Crippen LogP contribution in [0.25, 0.3) is 0 Å². The molecule has 0 aliphatic heterocycles. The summed E-state index contributed by atoms with van der Waals surface area (Å²) < 4.78 is 0. The highest BCUT2D eigenvalue weighted by atomic mass is 32.1. The molecule has 1 saturated carbocycles. The highest BCUT2D eigenvalue weighted by Gasteiger charge is 2.34. The van der Waals surface area contributed by atoms with Gasteiger partial charge in [-0.25, -0.2) is 4.98 Å². The lowest BCUT2D eigenvalue weighted by Gasteiger charge is -2.19. The molecule has 22 heavy (non-hydrogen) atoms. The standard InChI is InChI=1S/C18H27NO2S/c1-5-12(9-11(3)4)17(21)14(10-20)16-15(6-2)22-18(19-16)13-7-8-13/h10-14H,5-9H2,1-4H3/t12-,14?/m1/s1. The average Bonchev–Trinajstić information content (AvgIpc) is 3.26. The molecule has 0 spiro atoms. The molecule has 0 amide bonds. The zero-order chi connectivity index (χ0) is 16.3. The Morgan fingerprint density at radius 2 is 2.05 bits per heavy atom. The highest BCUT2D eigenvalue weighted by molar-refractivity contribution is 7.11. The number of aryl methyl sites for hydroxylation is 1. The number of Topliss-reactive ketones (excluding diaryl/α,β-unsaturated/α-hetero) is 1. The number of hydrogen-bond acceptors (Lipinski definition) is 4. The van der Waals surface area contributed by atoms with Gasteiger partial charge in [-0.1, -0.05) is 27.7 Å². The van der Waals surface area contributed by atoms with Gasteiger partial charge in [0.2, 0.25) is 0 Å². The van der Waals surface area contributed by atoms with E-state index in [0.717, 1.165) is 41.1 Å². The van der Waals surface area contributed by atoms with Crippen LogP contribution in [0.4, 0.5) is 0 Å². The quantitative estimate of drug-likeness (QED) is 0.497. The maximum absolute atomic E-state index is 12.8. The SMILES string of the molecule is CCc1sc(C2CC2)nc1C(C=O)C(=O)[C@H](CC)CC(C)C. The van der Waals surface area contributed by atoms with Crippen LogP contribution >= 0.6 is 11.3 Å². The first-order valence-electron chi connectivity index (χ1n) is 8.50. The molecule has 1 aromatic heterocycles. The topological polar surface area (TPSA) is 47.0 Å². The van der Waals surface area contributed by atoms with Gasteiger partial charge in [-0.3, -0.25) is 4.79 Å². The number of aromatic nitrogens is 1. The third-order valence-corrected chi connectivity index (χ3v) is 5.76. The third-order valence-electron chi connectivity index (χ3n) is 4.38. The van der Waals surface area contributed by atoms with Crippen molar-refractivity contribution in [3.63, 3.8) is 0 Å². The van der Waals surface area contributed by atoms with Gasteiger partial charge in [-0.2, -0.15) is 0 Å². The number of hydrogen-bond donors (Lipinski definition) is 0. The lowest BCUT2D eigenvalue weighted by molar-refractivity contribution is -0.128. The van der Waals surface area contributed by atoms with E-state index in [1.165, 1.54) is 12.8 Å².